The van der Waals surface area contributed by atoms with E-state index >= 15 is 0 Å². The molecule has 1 unspecified atom stereocenters. The molecule has 1 aromatic rings. The van der Waals surface area contributed by atoms with E-state index in [1.165, 1.54) is 6.33 Å². The van der Waals surface area contributed by atoms with Gasteiger partial charge in [-0.2, -0.15) is 4.98 Å². The normalized spacial score (nSPS) is 19.7. The Kier molecular flexibility index (Phi) is 3.88. The Bertz CT molecular complexity index is 485. The summed E-state index contributed by atoms with van der Waals surface area (Å²) < 4.78 is 4.79. The molecular weight excluding hydrogens is 252 g/mol. The number of rotatable bonds is 5. The number of aromatic nitrogens is 2. The summed E-state index contributed by atoms with van der Waals surface area (Å²) >= 11 is 0. The summed E-state index contributed by atoms with van der Waals surface area (Å²) in [5.41, 5.74) is 0. The van der Waals surface area contributed by atoms with Gasteiger partial charge in [-0.15, -0.1) is 0 Å². The second-order valence-electron chi connectivity index (χ2n) is 4.21. The number of nitrogens with zero attached hydrogens (tertiary/aromatic N) is 3. The van der Waals surface area contributed by atoms with E-state index in [0.717, 1.165) is 4.90 Å². The van der Waals surface area contributed by atoms with Crippen molar-refractivity contribution in [2.75, 3.05) is 6.54 Å². The number of nitrogens with one attached hydrogen (secondary N) is 1. The fourth-order valence-electron chi connectivity index (χ4n) is 1.93. The lowest BCUT2D eigenvalue weighted by molar-refractivity contribution is -0.142. The summed E-state index contributed by atoms with van der Waals surface area (Å²) in [7, 11) is 0. The molecule has 0 radical (unpaired) electrons. The van der Waals surface area contributed by atoms with E-state index in [2.05, 4.69) is 15.5 Å². The molecular formula is C11H14N4O4. The van der Waals surface area contributed by atoms with Crippen molar-refractivity contribution in [3.8, 4) is 0 Å². The molecule has 0 saturated carbocycles. The smallest absolute Gasteiger partial charge is 0.330 e. The zero-order chi connectivity index (χ0) is 13.8. The van der Waals surface area contributed by atoms with Crippen LogP contribution < -0.4 is 5.32 Å². The van der Waals surface area contributed by atoms with Crippen LogP contribution in [0, 0.1) is 5.92 Å². The van der Waals surface area contributed by atoms with E-state index in [9.17, 15) is 14.4 Å². The van der Waals surface area contributed by atoms with Crippen LogP contribution in [0.2, 0.25) is 0 Å². The third-order valence-corrected chi connectivity index (χ3v) is 2.89. The lowest BCUT2D eigenvalue weighted by atomic mass is 9.99. The van der Waals surface area contributed by atoms with E-state index in [4.69, 9.17) is 4.52 Å². The number of barbiturate groups is 1. The van der Waals surface area contributed by atoms with Gasteiger partial charge < -0.3 is 4.52 Å². The second-order valence-corrected chi connectivity index (χ2v) is 4.21. The highest BCUT2D eigenvalue weighted by Crippen LogP contribution is 2.16. The molecule has 1 aromatic heterocycles. The number of hydrogen-bond donors (Lipinski definition) is 1. The summed E-state index contributed by atoms with van der Waals surface area (Å²) in [5, 5.41) is 5.62. The van der Waals surface area contributed by atoms with Crippen LogP contribution in [-0.4, -0.2) is 39.4 Å². The standard InChI is InChI=1S/C11H14N4O4/c1-2-3-7-9(16)14-11(18)15(10(7)17)5-4-8-12-6-13-19-8/h6-7H,2-5H2,1H3,(H,14,16,18). The molecule has 1 N–H and O–H groups in total. The van der Waals surface area contributed by atoms with E-state index < -0.39 is 23.8 Å². The summed E-state index contributed by atoms with van der Waals surface area (Å²) in [4.78, 5) is 40.1. The maximum atomic E-state index is 12.1. The molecule has 0 aromatic carbocycles. The zero-order valence-corrected chi connectivity index (χ0v) is 10.5. The summed E-state index contributed by atoms with van der Waals surface area (Å²) in [6.45, 7) is 1.99. The van der Waals surface area contributed by atoms with Crippen LogP contribution in [0.25, 0.3) is 0 Å². The van der Waals surface area contributed by atoms with Crippen LogP contribution in [0.1, 0.15) is 25.7 Å². The highest BCUT2D eigenvalue weighted by molar-refractivity contribution is 6.16. The molecule has 2 rings (SSSR count). The predicted molar refractivity (Wildman–Crippen MR) is 61.7 cm³/mol. The quantitative estimate of drug-likeness (QED) is 0.758. The Balaban J connectivity index is 2.03. The van der Waals surface area contributed by atoms with E-state index in [1.807, 2.05) is 6.92 Å². The maximum Gasteiger partial charge on any atom is 0.330 e. The predicted octanol–water partition coefficient (Wildman–Crippen LogP) is 0.107. The minimum atomic E-state index is -0.787. The Morgan fingerprint density at radius 3 is 2.84 bits per heavy atom. The van der Waals surface area contributed by atoms with Gasteiger partial charge in [-0.25, -0.2) is 4.79 Å². The highest BCUT2D eigenvalue weighted by Gasteiger charge is 2.39. The van der Waals surface area contributed by atoms with E-state index in [0.29, 0.717) is 18.7 Å². The molecule has 19 heavy (non-hydrogen) atoms. The van der Waals surface area contributed by atoms with Gasteiger partial charge in [0.1, 0.15) is 5.92 Å². The van der Waals surface area contributed by atoms with Gasteiger partial charge in [0.15, 0.2) is 6.33 Å². The number of hydrogen-bond acceptors (Lipinski definition) is 6. The third kappa shape index (κ3) is 2.78. The molecule has 0 bridgehead atoms. The molecule has 8 nitrogen and oxygen atoms in total. The van der Waals surface area contributed by atoms with Crippen LogP contribution in [-0.2, 0) is 16.0 Å². The van der Waals surface area contributed by atoms with Crippen LogP contribution in [0.3, 0.4) is 0 Å². The number of urea groups is 1. The second kappa shape index (κ2) is 5.59. The molecule has 2 heterocycles. The molecule has 1 atom stereocenters. The molecule has 0 aliphatic carbocycles. The SMILES string of the molecule is CCCC1C(=O)NC(=O)N(CCc2ncno2)C1=O. The number of amides is 4. The van der Waals surface area contributed by atoms with Crippen molar-refractivity contribution in [1.82, 2.24) is 20.4 Å². The van der Waals surface area contributed by atoms with Gasteiger partial charge in [0.25, 0.3) is 0 Å². The van der Waals surface area contributed by atoms with E-state index in [-0.39, 0.29) is 13.0 Å². The molecule has 0 spiro atoms. The Morgan fingerprint density at radius 2 is 2.21 bits per heavy atom. The van der Waals surface area contributed by atoms with Gasteiger partial charge in [0.05, 0.1) is 0 Å². The Labute approximate surface area is 109 Å². The third-order valence-electron chi connectivity index (χ3n) is 2.89. The van der Waals surface area contributed by atoms with Crippen molar-refractivity contribution in [3.63, 3.8) is 0 Å². The van der Waals surface area contributed by atoms with Crippen molar-refractivity contribution >= 4 is 17.8 Å². The van der Waals surface area contributed by atoms with Gasteiger partial charge in [0.2, 0.25) is 17.7 Å². The zero-order valence-electron chi connectivity index (χ0n) is 10.5. The molecule has 1 saturated heterocycles. The minimum absolute atomic E-state index is 0.111. The highest BCUT2D eigenvalue weighted by atomic mass is 16.5. The average Bonchev–Trinajstić information content (AvgIpc) is 2.87. The summed E-state index contributed by atoms with van der Waals surface area (Å²) in [6.07, 6.45) is 2.63. The minimum Gasteiger partial charge on any atom is -0.340 e. The van der Waals surface area contributed by atoms with Gasteiger partial charge >= 0.3 is 6.03 Å². The maximum absolute atomic E-state index is 12.1. The van der Waals surface area contributed by atoms with Crippen molar-refractivity contribution in [1.29, 1.82) is 0 Å². The van der Waals surface area contributed by atoms with Gasteiger partial charge in [-0.05, 0) is 6.42 Å². The fourth-order valence-corrected chi connectivity index (χ4v) is 1.93. The van der Waals surface area contributed by atoms with Crippen LogP contribution in [0.5, 0.6) is 0 Å². The lowest BCUT2D eigenvalue weighted by Crippen LogP contribution is -2.58. The Morgan fingerprint density at radius 1 is 1.42 bits per heavy atom. The first kappa shape index (κ1) is 13.2. The molecule has 1 fully saturated rings. The summed E-state index contributed by atoms with van der Waals surface area (Å²) in [6, 6.07) is -0.693. The molecule has 8 heteroatoms. The number of imide groups is 2. The monoisotopic (exact) mass is 266 g/mol. The largest absolute Gasteiger partial charge is 0.340 e. The first-order chi connectivity index (χ1) is 9.13. The molecule has 1 aliphatic heterocycles. The van der Waals surface area contributed by atoms with Gasteiger partial charge in [-0.1, -0.05) is 18.5 Å². The number of carbonyl (C=O) groups is 3. The first-order valence-corrected chi connectivity index (χ1v) is 6.05. The average molecular weight is 266 g/mol. The van der Waals surface area contributed by atoms with Gasteiger partial charge in [-0.3, -0.25) is 19.8 Å². The van der Waals surface area contributed by atoms with E-state index in [1.54, 1.807) is 0 Å². The summed E-state index contributed by atoms with van der Waals surface area (Å²) in [5.74, 6) is -1.43. The molecule has 102 valence electrons. The fraction of sp³-hybridized carbons (Fsp3) is 0.545. The topological polar surface area (TPSA) is 105 Å². The van der Waals surface area contributed by atoms with Gasteiger partial charge in [0, 0.05) is 13.0 Å². The molecule has 1 aliphatic rings. The molecule has 4 amide bonds. The van der Waals surface area contributed by atoms with Crippen molar-refractivity contribution < 1.29 is 18.9 Å². The first-order valence-electron chi connectivity index (χ1n) is 6.05. The lowest BCUT2D eigenvalue weighted by Gasteiger charge is -2.29. The Hall–Kier alpha value is -2.25. The van der Waals surface area contributed by atoms with Crippen LogP contribution in [0.4, 0.5) is 4.79 Å². The van der Waals surface area contributed by atoms with Crippen LogP contribution in [0.15, 0.2) is 10.9 Å². The van der Waals surface area contributed by atoms with Crippen LogP contribution >= 0.6 is 0 Å². The number of carbonyl (C=O) groups excluding carboxylic acids is 3. The van der Waals surface area contributed by atoms with Crippen molar-refractivity contribution in [2.24, 2.45) is 5.92 Å². The van der Waals surface area contributed by atoms with Crippen molar-refractivity contribution in [2.45, 2.75) is 26.2 Å². The van der Waals surface area contributed by atoms with Crippen molar-refractivity contribution in [3.05, 3.63) is 12.2 Å².